The van der Waals surface area contributed by atoms with Gasteiger partial charge in [0.15, 0.2) is 5.69 Å². The molecule has 1 rings (SSSR count). The third-order valence-corrected chi connectivity index (χ3v) is 1.35. The first-order valence-electron chi connectivity index (χ1n) is 3.18. The first kappa shape index (κ1) is 9.05. The Morgan fingerprint density at radius 3 is 2.33 bits per heavy atom. The fourth-order valence-corrected chi connectivity index (χ4v) is 0.873. The third kappa shape index (κ3) is 1.58. The minimum Gasteiger partial charge on any atom is -0.388 e. The molecule has 0 aromatic carbocycles. The normalized spacial score (nSPS) is 12.1. The smallest absolute Gasteiger partial charge is 0.388 e. The molecule has 1 aromatic rings. The number of H-pyrrole nitrogens is 1. The van der Waals surface area contributed by atoms with Crippen molar-refractivity contribution in [2.45, 2.75) is 19.7 Å². The molecule has 0 bridgehead atoms. The maximum absolute atomic E-state index is 12.0. The lowest BCUT2D eigenvalue weighted by atomic mass is 10.3. The van der Waals surface area contributed by atoms with Crippen LogP contribution in [0.4, 0.5) is 13.2 Å². The highest BCUT2D eigenvalue weighted by molar-refractivity contribution is 5.15. The van der Waals surface area contributed by atoms with Crippen molar-refractivity contribution in [2.75, 3.05) is 0 Å². The van der Waals surface area contributed by atoms with E-state index in [0.717, 1.165) is 0 Å². The first-order valence-corrected chi connectivity index (χ1v) is 3.18. The van der Waals surface area contributed by atoms with Gasteiger partial charge in [-0.25, -0.2) is 4.98 Å². The van der Waals surface area contributed by atoms with Gasteiger partial charge in [0, 0.05) is 5.69 Å². The van der Waals surface area contributed by atoms with Crippen LogP contribution in [0.2, 0.25) is 0 Å². The molecule has 0 unspecified atom stereocenters. The lowest BCUT2D eigenvalue weighted by molar-refractivity contribution is -0.141. The Hall–Kier alpha value is -1.04. The van der Waals surface area contributed by atoms with E-state index >= 15 is 0 Å². The summed E-state index contributed by atoms with van der Waals surface area (Å²) in [5.41, 5.74) is -1.04. The van der Waals surface area contributed by atoms with Crippen molar-refractivity contribution < 1.29 is 18.3 Å². The average Bonchev–Trinajstić information content (AvgIpc) is 2.29. The van der Waals surface area contributed by atoms with Gasteiger partial charge in [0.05, 0.1) is 0 Å². The number of nitrogens with zero attached hydrogens (tertiary/aromatic N) is 1. The van der Waals surface area contributed by atoms with Crippen molar-refractivity contribution in [1.82, 2.24) is 9.97 Å². The molecule has 6 heteroatoms. The Morgan fingerprint density at radius 1 is 1.50 bits per heavy atom. The van der Waals surface area contributed by atoms with E-state index in [0.29, 0.717) is 0 Å². The van der Waals surface area contributed by atoms with E-state index in [1.54, 1.807) is 0 Å². The fraction of sp³-hybridized carbons (Fsp3) is 0.500. The Kier molecular flexibility index (Phi) is 2.10. The van der Waals surface area contributed by atoms with Crippen LogP contribution >= 0.6 is 0 Å². The molecule has 0 atom stereocenters. The SMILES string of the molecule is Cc1[nH]c(CO)nc1C(F)(F)F. The van der Waals surface area contributed by atoms with Gasteiger partial charge in [0.2, 0.25) is 0 Å². The number of halogens is 3. The van der Waals surface area contributed by atoms with Crippen LogP contribution in [0.15, 0.2) is 0 Å². The van der Waals surface area contributed by atoms with Gasteiger partial charge in [-0.15, -0.1) is 0 Å². The molecular formula is C6H7F3N2O. The highest BCUT2D eigenvalue weighted by Crippen LogP contribution is 2.29. The number of hydrogen-bond donors (Lipinski definition) is 2. The second-order valence-electron chi connectivity index (χ2n) is 2.31. The average molecular weight is 180 g/mol. The van der Waals surface area contributed by atoms with Gasteiger partial charge in [-0.2, -0.15) is 13.2 Å². The van der Waals surface area contributed by atoms with Crippen LogP contribution in [0.1, 0.15) is 17.2 Å². The minimum absolute atomic E-state index is 0.0696. The maximum atomic E-state index is 12.0. The van der Waals surface area contributed by atoms with E-state index in [9.17, 15) is 13.2 Å². The second kappa shape index (κ2) is 2.78. The molecule has 0 aliphatic carbocycles. The highest BCUT2D eigenvalue weighted by Gasteiger charge is 2.35. The van der Waals surface area contributed by atoms with Gasteiger partial charge in [-0.1, -0.05) is 0 Å². The van der Waals surface area contributed by atoms with Crippen LogP contribution in [-0.2, 0) is 12.8 Å². The van der Waals surface area contributed by atoms with Gasteiger partial charge in [-0.05, 0) is 6.92 Å². The van der Waals surface area contributed by atoms with Crippen molar-refractivity contribution in [3.05, 3.63) is 17.2 Å². The molecule has 0 saturated carbocycles. The summed E-state index contributed by atoms with van der Waals surface area (Å²) in [6.07, 6.45) is -4.45. The molecular weight excluding hydrogens is 173 g/mol. The van der Waals surface area contributed by atoms with Crippen LogP contribution in [0.5, 0.6) is 0 Å². The molecule has 1 aromatic heterocycles. The molecule has 0 spiro atoms. The number of aromatic nitrogens is 2. The largest absolute Gasteiger partial charge is 0.435 e. The summed E-state index contributed by atoms with van der Waals surface area (Å²) in [6, 6.07) is 0. The molecule has 68 valence electrons. The summed E-state index contributed by atoms with van der Waals surface area (Å²) in [5.74, 6) is -0.0696. The van der Waals surface area contributed by atoms with Crippen molar-refractivity contribution >= 4 is 0 Å². The second-order valence-corrected chi connectivity index (χ2v) is 2.31. The zero-order chi connectivity index (χ0) is 9.35. The van der Waals surface area contributed by atoms with Crippen molar-refractivity contribution in [1.29, 1.82) is 0 Å². The van der Waals surface area contributed by atoms with Crippen molar-refractivity contribution in [3.63, 3.8) is 0 Å². The number of rotatable bonds is 1. The summed E-state index contributed by atoms with van der Waals surface area (Å²) in [5, 5.41) is 8.48. The zero-order valence-corrected chi connectivity index (χ0v) is 6.24. The first-order chi connectivity index (χ1) is 5.45. The Morgan fingerprint density at radius 2 is 2.08 bits per heavy atom. The lowest BCUT2D eigenvalue weighted by Gasteiger charge is -2.01. The number of aliphatic hydroxyl groups is 1. The highest BCUT2D eigenvalue weighted by atomic mass is 19.4. The summed E-state index contributed by atoms with van der Waals surface area (Å²) < 4.78 is 36.1. The predicted molar refractivity (Wildman–Crippen MR) is 34.2 cm³/mol. The van der Waals surface area contributed by atoms with Crippen LogP contribution in [0.3, 0.4) is 0 Å². The predicted octanol–water partition coefficient (Wildman–Crippen LogP) is 1.23. The molecule has 0 aliphatic rings. The summed E-state index contributed by atoms with van der Waals surface area (Å²) in [6.45, 7) is 0.742. The van der Waals surface area contributed by atoms with Gasteiger partial charge in [0.1, 0.15) is 12.4 Å². The molecule has 12 heavy (non-hydrogen) atoms. The Labute approximate surface area is 66.2 Å². The topological polar surface area (TPSA) is 48.9 Å². The molecule has 0 aliphatic heterocycles. The van der Waals surface area contributed by atoms with E-state index in [4.69, 9.17) is 5.11 Å². The number of aryl methyl sites for hydroxylation is 1. The number of aromatic amines is 1. The summed E-state index contributed by atoms with van der Waals surface area (Å²) in [7, 11) is 0. The van der Waals surface area contributed by atoms with Crippen molar-refractivity contribution in [3.8, 4) is 0 Å². The van der Waals surface area contributed by atoms with Gasteiger partial charge in [-0.3, -0.25) is 0 Å². The van der Waals surface area contributed by atoms with Gasteiger partial charge >= 0.3 is 6.18 Å². The summed E-state index contributed by atoms with van der Waals surface area (Å²) in [4.78, 5) is 5.49. The van der Waals surface area contributed by atoms with Crippen LogP contribution < -0.4 is 0 Å². The molecule has 2 N–H and O–H groups in total. The molecule has 3 nitrogen and oxygen atoms in total. The molecule has 0 fully saturated rings. The number of imidazole rings is 1. The fourth-order valence-electron chi connectivity index (χ4n) is 0.873. The monoisotopic (exact) mass is 180 g/mol. The molecule has 0 saturated heterocycles. The maximum Gasteiger partial charge on any atom is 0.435 e. The van der Waals surface area contributed by atoms with Gasteiger partial charge < -0.3 is 10.1 Å². The molecule has 0 radical (unpaired) electrons. The number of alkyl halides is 3. The summed E-state index contributed by atoms with van der Waals surface area (Å²) >= 11 is 0. The van der Waals surface area contributed by atoms with E-state index in [1.165, 1.54) is 6.92 Å². The van der Waals surface area contributed by atoms with Gasteiger partial charge in [0.25, 0.3) is 0 Å². The zero-order valence-electron chi connectivity index (χ0n) is 6.24. The van der Waals surface area contributed by atoms with E-state index in [1.807, 2.05) is 0 Å². The standard InChI is InChI=1S/C6H7F3N2O/c1-3-5(6(7,8)9)11-4(2-12)10-3/h12H,2H2,1H3,(H,10,11). The Bertz CT molecular complexity index is 279. The van der Waals surface area contributed by atoms with Crippen molar-refractivity contribution in [2.24, 2.45) is 0 Å². The lowest BCUT2D eigenvalue weighted by Crippen LogP contribution is -2.07. The van der Waals surface area contributed by atoms with E-state index < -0.39 is 18.5 Å². The molecule has 0 amide bonds. The number of nitrogens with one attached hydrogen (secondary N) is 1. The van der Waals surface area contributed by atoms with E-state index in [2.05, 4.69) is 9.97 Å². The van der Waals surface area contributed by atoms with Crippen LogP contribution in [0, 0.1) is 6.92 Å². The van der Waals surface area contributed by atoms with Crippen LogP contribution in [-0.4, -0.2) is 15.1 Å². The number of aliphatic hydroxyl groups excluding tert-OH is 1. The molecule has 1 heterocycles. The Balaban J connectivity index is 3.08. The van der Waals surface area contributed by atoms with Crippen LogP contribution in [0.25, 0.3) is 0 Å². The van der Waals surface area contributed by atoms with E-state index in [-0.39, 0.29) is 11.5 Å². The minimum atomic E-state index is -4.45. The number of hydrogen-bond acceptors (Lipinski definition) is 2. The quantitative estimate of drug-likeness (QED) is 0.682. The third-order valence-electron chi connectivity index (χ3n) is 1.35.